The standard InChI is InChI=1S/C18H11Br2NO2/c19-14-2-3-15(12(6-14)9-22)17-8-21-7-16(17)11-1-4-18(20)13(5-11)10-23/h1-10,21H. The molecule has 0 amide bonds. The van der Waals surface area contributed by atoms with Crippen molar-refractivity contribution in [3.05, 3.63) is 68.9 Å². The van der Waals surface area contributed by atoms with Crippen molar-refractivity contribution in [1.82, 2.24) is 4.98 Å². The zero-order chi connectivity index (χ0) is 16.4. The minimum atomic E-state index is 0.584. The number of aromatic amines is 1. The van der Waals surface area contributed by atoms with Gasteiger partial charge in [0.05, 0.1) is 0 Å². The van der Waals surface area contributed by atoms with Gasteiger partial charge in [-0.25, -0.2) is 0 Å². The number of hydrogen-bond acceptors (Lipinski definition) is 2. The molecule has 0 bridgehead atoms. The highest BCUT2D eigenvalue weighted by Crippen LogP contribution is 2.35. The van der Waals surface area contributed by atoms with Crippen LogP contribution in [0.3, 0.4) is 0 Å². The number of hydrogen-bond donors (Lipinski definition) is 1. The lowest BCUT2D eigenvalue weighted by atomic mass is 9.95. The van der Waals surface area contributed by atoms with Crippen LogP contribution in [0.15, 0.2) is 57.7 Å². The van der Waals surface area contributed by atoms with Crippen LogP contribution in [0.2, 0.25) is 0 Å². The van der Waals surface area contributed by atoms with E-state index in [2.05, 4.69) is 36.8 Å². The highest BCUT2D eigenvalue weighted by atomic mass is 79.9. The molecule has 0 saturated carbocycles. The van der Waals surface area contributed by atoms with Gasteiger partial charge in [-0.05, 0) is 35.4 Å². The summed E-state index contributed by atoms with van der Waals surface area (Å²) in [4.78, 5) is 25.6. The molecule has 0 aliphatic rings. The first kappa shape index (κ1) is 15.9. The Bertz CT molecular complexity index is 900. The number of carbonyl (C=O) groups is 2. The van der Waals surface area contributed by atoms with Crippen molar-refractivity contribution < 1.29 is 9.59 Å². The van der Waals surface area contributed by atoms with E-state index in [0.29, 0.717) is 11.1 Å². The van der Waals surface area contributed by atoms with E-state index in [1.807, 2.05) is 42.7 Å². The maximum absolute atomic E-state index is 11.4. The van der Waals surface area contributed by atoms with E-state index >= 15 is 0 Å². The highest BCUT2D eigenvalue weighted by molar-refractivity contribution is 9.10. The predicted octanol–water partition coefficient (Wildman–Crippen LogP) is 5.50. The fourth-order valence-corrected chi connectivity index (χ4v) is 3.22. The van der Waals surface area contributed by atoms with Gasteiger partial charge in [0, 0.05) is 43.6 Å². The van der Waals surface area contributed by atoms with E-state index in [0.717, 1.165) is 43.8 Å². The van der Waals surface area contributed by atoms with Crippen molar-refractivity contribution in [3.63, 3.8) is 0 Å². The van der Waals surface area contributed by atoms with E-state index in [-0.39, 0.29) is 0 Å². The second kappa shape index (κ2) is 6.64. The summed E-state index contributed by atoms with van der Waals surface area (Å²) < 4.78 is 1.61. The average Bonchev–Trinajstić information content (AvgIpc) is 3.04. The lowest BCUT2D eigenvalue weighted by molar-refractivity contribution is 0.111. The Morgan fingerprint density at radius 2 is 1.52 bits per heavy atom. The molecule has 0 aliphatic heterocycles. The van der Waals surface area contributed by atoms with E-state index in [9.17, 15) is 9.59 Å². The molecule has 2 aromatic carbocycles. The molecule has 3 rings (SSSR count). The minimum absolute atomic E-state index is 0.584. The van der Waals surface area contributed by atoms with Gasteiger partial charge < -0.3 is 4.98 Å². The number of rotatable bonds is 4. The van der Waals surface area contributed by atoms with Crippen LogP contribution in [0, 0.1) is 0 Å². The second-order valence-corrected chi connectivity index (χ2v) is 6.76. The molecule has 3 aromatic rings. The van der Waals surface area contributed by atoms with Gasteiger partial charge >= 0.3 is 0 Å². The first-order chi connectivity index (χ1) is 11.1. The van der Waals surface area contributed by atoms with Gasteiger partial charge in [-0.1, -0.05) is 44.0 Å². The molecular formula is C18H11Br2NO2. The molecule has 0 spiro atoms. The van der Waals surface area contributed by atoms with Crippen molar-refractivity contribution in [3.8, 4) is 22.3 Å². The lowest BCUT2D eigenvalue weighted by Gasteiger charge is -2.09. The minimum Gasteiger partial charge on any atom is -0.366 e. The normalized spacial score (nSPS) is 10.5. The molecule has 3 nitrogen and oxygen atoms in total. The zero-order valence-corrected chi connectivity index (χ0v) is 15.0. The molecule has 0 unspecified atom stereocenters. The summed E-state index contributed by atoms with van der Waals surface area (Å²) in [5, 5.41) is 0. The van der Waals surface area contributed by atoms with Crippen molar-refractivity contribution in [2.75, 3.05) is 0 Å². The molecule has 5 heteroatoms. The van der Waals surface area contributed by atoms with Gasteiger partial charge in [-0.2, -0.15) is 0 Å². The summed E-state index contributed by atoms with van der Waals surface area (Å²) >= 11 is 6.74. The molecule has 0 aliphatic carbocycles. The topological polar surface area (TPSA) is 49.9 Å². The maximum Gasteiger partial charge on any atom is 0.151 e. The number of H-pyrrole nitrogens is 1. The van der Waals surface area contributed by atoms with Gasteiger partial charge in [0.15, 0.2) is 12.6 Å². The number of aldehydes is 2. The zero-order valence-electron chi connectivity index (χ0n) is 11.8. The van der Waals surface area contributed by atoms with Crippen LogP contribution in [-0.2, 0) is 0 Å². The fraction of sp³-hybridized carbons (Fsp3) is 0. The van der Waals surface area contributed by atoms with Crippen molar-refractivity contribution in [1.29, 1.82) is 0 Å². The Kier molecular flexibility index (Phi) is 4.59. The monoisotopic (exact) mass is 431 g/mol. The Labute approximate surface area is 150 Å². The summed E-state index contributed by atoms with van der Waals surface area (Å²) in [5.74, 6) is 0. The molecule has 0 fully saturated rings. The highest BCUT2D eigenvalue weighted by Gasteiger charge is 2.13. The van der Waals surface area contributed by atoms with Crippen LogP contribution in [-0.4, -0.2) is 17.6 Å². The van der Waals surface area contributed by atoms with Gasteiger partial charge in [0.2, 0.25) is 0 Å². The SMILES string of the molecule is O=Cc1cc(-c2c[nH]cc2-c2ccc(Br)cc2C=O)ccc1Br. The van der Waals surface area contributed by atoms with Crippen LogP contribution in [0.1, 0.15) is 20.7 Å². The van der Waals surface area contributed by atoms with E-state index in [4.69, 9.17) is 0 Å². The summed E-state index contributed by atoms with van der Waals surface area (Å²) in [6, 6.07) is 11.2. The number of halogens is 2. The van der Waals surface area contributed by atoms with Crippen molar-refractivity contribution in [2.45, 2.75) is 0 Å². The van der Waals surface area contributed by atoms with Crippen LogP contribution < -0.4 is 0 Å². The van der Waals surface area contributed by atoms with E-state index < -0.39 is 0 Å². The third-order valence-corrected chi connectivity index (χ3v) is 4.83. The van der Waals surface area contributed by atoms with Crippen LogP contribution >= 0.6 is 31.9 Å². The Morgan fingerprint density at radius 1 is 0.783 bits per heavy atom. The summed E-state index contributed by atoms with van der Waals surface area (Å²) in [7, 11) is 0. The lowest BCUT2D eigenvalue weighted by Crippen LogP contribution is -1.89. The van der Waals surface area contributed by atoms with Gasteiger partial charge in [0.25, 0.3) is 0 Å². The molecule has 1 N–H and O–H groups in total. The number of nitrogens with one attached hydrogen (secondary N) is 1. The Balaban J connectivity index is 2.17. The van der Waals surface area contributed by atoms with E-state index in [1.165, 1.54) is 0 Å². The molecule has 0 atom stereocenters. The van der Waals surface area contributed by atoms with Crippen molar-refractivity contribution in [2.24, 2.45) is 0 Å². The summed E-state index contributed by atoms with van der Waals surface area (Å²) in [6.45, 7) is 0. The van der Waals surface area contributed by atoms with E-state index in [1.54, 1.807) is 6.07 Å². The Hall–Kier alpha value is -1.98. The van der Waals surface area contributed by atoms with Gasteiger partial charge in [0.1, 0.15) is 0 Å². The molecule has 0 saturated heterocycles. The van der Waals surface area contributed by atoms with Crippen LogP contribution in [0.5, 0.6) is 0 Å². The third kappa shape index (κ3) is 3.07. The summed E-state index contributed by atoms with van der Waals surface area (Å²) in [6.07, 6.45) is 5.38. The van der Waals surface area contributed by atoms with Crippen LogP contribution in [0.4, 0.5) is 0 Å². The van der Waals surface area contributed by atoms with Gasteiger partial charge in [-0.3, -0.25) is 9.59 Å². The number of benzene rings is 2. The molecule has 0 radical (unpaired) electrons. The maximum atomic E-state index is 11.4. The molecule has 1 heterocycles. The second-order valence-electron chi connectivity index (χ2n) is 4.99. The molecular weight excluding hydrogens is 422 g/mol. The molecule has 114 valence electrons. The average molecular weight is 433 g/mol. The first-order valence-corrected chi connectivity index (χ1v) is 8.39. The van der Waals surface area contributed by atoms with Crippen molar-refractivity contribution >= 4 is 44.4 Å². The third-order valence-electron chi connectivity index (χ3n) is 3.61. The fourth-order valence-electron chi connectivity index (χ4n) is 2.50. The number of carbonyl (C=O) groups excluding carboxylic acids is 2. The summed E-state index contributed by atoms with van der Waals surface area (Å²) in [5.41, 5.74) is 4.79. The predicted molar refractivity (Wildman–Crippen MR) is 97.8 cm³/mol. The molecule has 1 aromatic heterocycles. The Morgan fingerprint density at radius 3 is 2.26 bits per heavy atom. The smallest absolute Gasteiger partial charge is 0.151 e. The van der Waals surface area contributed by atoms with Gasteiger partial charge in [-0.15, -0.1) is 0 Å². The number of aromatic nitrogens is 1. The first-order valence-electron chi connectivity index (χ1n) is 6.81. The quantitative estimate of drug-likeness (QED) is 0.553. The molecule has 23 heavy (non-hydrogen) atoms. The van der Waals surface area contributed by atoms with Crippen LogP contribution in [0.25, 0.3) is 22.3 Å². The largest absolute Gasteiger partial charge is 0.366 e.